The third kappa shape index (κ3) is 2.95. The van der Waals surface area contributed by atoms with E-state index in [1.807, 2.05) is 0 Å². The molecular formula is C39H34. The van der Waals surface area contributed by atoms with Gasteiger partial charge in [-0.05, 0) is 129 Å². The van der Waals surface area contributed by atoms with E-state index in [9.17, 15) is 0 Å². The first kappa shape index (κ1) is 22.2. The minimum atomic E-state index is 0.507. The Morgan fingerprint density at radius 3 is 2.03 bits per heavy atom. The van der Waals surface area contributed by atoms with E-state index in [0.717, 1.165) is 23.2 Å². The van der Waals surface area contributed by atoms with Crippen LogP contribution in [-0.2, 0) is 5.41 Å². The van der Waals surface area contributed by atoms with Crippen LogP contribution in [0.4, 0.5) is 0 Å². The van der Waals surface area contributed by atoms with Gasteiger partial charge in [0.05, 0.1) is 0 Å². The molecule has 4 fully saturated rings. The lowest BCUT2D eigenvalue weighted by molar-refractivity contribution is 0.00424. The maximum atomic E-state index is 2.48. The Labute approximate surface area is 231 Å². The maximum Gasteiger partial charge on any atom is -0.00101 e. The van der Waals surface area contributed by atoms with Gasteiger partial charge in [0.15, 0.2) is 0 Å². The Kier molecular flexibility index (Phi) is 4.40. The minimum absolute atomic E-state index is 0.507. The molecule has 4 aliphatic rings. The monoisotopic (exact) mass is 502 g/mol. The average Bonchev–Trinajstić information content (AvgIpc) is 3.50. The maximum absolute atomic E-state index is 2.48. The predicted octanol–water partition coefficient (Wildman–Crippen LogP) is 10.2. The quantitative estimate of drug-likeness (QED) is 0.229. The topological polar surface area (TPSA) is 0 Å². The lowest BCUT2D eigenvalue weighted by Gasteiger charge is -2.48. The van der Waals surface area contributed by atoms with Gasteiger partial charge < -0.3 is 0 Å². The van der Waals surface area contributed by atoms with E-state index in [0.29, 0.717) is 5.41 Å². The van der Waals surface area contributed by atoms with Crippen LogP contribution in [-0.4, -0.2) is 0 Å². The molecule has 3 bridgehead atoms. The fourth-order valence-corrected chi connectivity index (χ4v) is 9.87. The summed E-state index contributed by atoms with van der Waals surface area (Å²) in [4.78, 5) is 0. The van der Waals surface area contributed by atoms with Gasteiger partial charge in [-0.25, -0.2) is 0 Å². The summed E-state index contributed by atoms with van der Waals surface area (Å²) in [5, 5.41) is 2.60. The molecular weight excluding hydrogens is 468 g/mol. The normalized spacial score (nSPS) is 29.6. The number of hydrogen-bond donors (Lipinski definition) is 0. The summed E-state index contributed by atoms with van der Waals surface area (Å²) in [6.45, 7) is 2.22. The Hall–Kier alpha value is -3.64. The molecule has 5 aromatic carbocycles. The summed E-state index contributed by atoms with van der Waals surface area (Å²) in [5.41, 5.74) is 12.0. The van der Waals surface area contributed by atoms with Gasteiger partial charge in [-0.1, -0.05) is 103 Å². The van der Waals surface area contributed by atoms with E-state index in [4.69, 9.17) is 0 Å². The Morgan fingerprint density at radius 1 is 0.564 bits per heavy atom. The second-order valence-corrected chi connectivity index (χ2v) is 13.2. The smallest absolute Gasteiger partial charge is 0.00101 e. The molecule has 5 atom stereocenters. The fraction of sp³-hybridized carbons (Fsp3) is 0.282. The molecule has 190 valence electrons. The van der Waals surface area contributed by atoms with Gasteiger partial charge >= 0.3 is 0 Å². The third-order valence-electron chi connectivity index (χ3n) is 11.8. The summed E-state index contributed by atoms with van der Waals surface area (Å²) in [6, 6.07) is 41.2. The zero-order valence-electron chi connectivity index (χ0n) is 22.7. The number of aryl methyl sites for hydroxylation is 1. The summed E-state index contributed by atoms with van der Waals surface area (Å²) in [5.74, 6) is 3.08. The molecule has 0 N–H and O–H groups in total. The van der Waals surface area contributed by atoms with Crippen LogP contribution in [0.5, 0.6) is 0 Å². The highest BCUT2D eigenvalue weighted by atomic mass is 14.8. The van der Waals surface area contributed by atoms with Crippen LogP contribution >= 0.6 is 0 Å². The van der Waals surface area contributed by atoms with E-state index in [-0.39, 0.29) is 0 Å². The Bertz CT molecular complexity index is 1750. The molecule has 39 heavy (non-hydrogen) atoms. The number of rotatable bonds is 4. The molecule has 9 rings (SSSR count). The van der Waals surface area contributed by atoms with Crippen LogP contribution < -0.4 is 0 Å². The molecule has 1 spiro atoms. The van der Waals surface area contributed by atoms with Crippen molar-refractivity contribution in [3.8, 4) is 33.4 Å². The van der Waals surface area contributed by atoms with Crippen molar-refractivity contribution in [1.82, 2.24) is 0 Å². The fourth-order valence-electron chi connectivity index (χ4n) is 9.87. The van der Waals surface area contributed by atoms with Gasteiger partial charge in [0.2, 0.25) is 0 Å². The molecule has 0 aliphatic heterocycles. The molecule has 5 unspecified atom stereocenters. The molecule has 5 aromatic rings. The Morgan fingerprint density at radius 2 is 1.23 bits per heavy atom. The van der Waals surface area contributed by atoms with Crippen LogP contribution in [0, 0.1) is 30.1 Å². The molecule has 0 nitrogen and oxygen atoms in total. The summed E-state index contributed by atoms with van der Waals surface area (Å²) in [6.07, 6.45) is 7.55. The summed E-state index contributed by atoms with van der Waals surface area (Å²) >= 11 is 0. The van der Waals surface area contributed by atoms with Crippen LogP contribution in [0.15, 0.2) is 109 Å². The van der Waals surface area contributed by atoms with Crippen molar-refractivity contribution in [1.29, 1.82) is 0 Å². The minimum Gasteiger partial charge on any atom is -0.0616 e. The van der Waals surface area contributed by atoms with E-state index in [2.05, 4.69) is 116 Å². The highest BCUT2D eigenvalue weighted by Crippen LogP contribution is 2.83. The zero-order chi connectivity index (χ0) is 25.8. The first-order chi connectivity index (χ1) is 19.1. The lowest BCUT2D eigenvalue weighted by atomic mass is 9.56. The van der Waals surface area contributed by atoms with Crippen molar-refractivity contribution in [3.05, 3.63) is 120 Å². The first-order valence-electron chi connectivity index (χ1n) is 14.9. The second kappa shape index (κ2) is 7.72. The van der Waals surface area contributed by atoms with E-state index in [1.165, 1.54) is 81.8 Å². The third-order valence-corrected chi connectivity index (χ3v) is 11.8. The van der Waals surface area contributed by atoms with E-state index < -0.39 is 0 Å². The summed E-state index contributed by atoms with van der Waals surface area (Å²) in [7, 11) is 0. The molecule has 4 aliphatic carbocycles. The number of fused-ring (bicyclic) bond motifs is 4. The van der Waals surface area contributed by atoms with E-state index >= 15 is 0 Å². The predicted molar refractivity (Wildman–Crippen MR) is 163 cm³/mol. The molecule has 0 amide bonds. The Balaban J connectivity index is 1.01. The molecule has 4 saturated carbocycles. The number of benzene rings is 5. The van der Waals surface area contributed by atoms with E-state index in [1.54, 1.807) is 5.56 Å². The molecule has 0 saturated heterocycles. The average molecular weight is 503 g/mol. The summed E-state index contributed by atoms with van der Waals surface area (Å²) < 4.78 is 0. The number of hydrogen-bond acceptors (Lipinski definition) is 0. The van der Waals surface area contributed by atoms with Crippen molar-refractivity contribution < 1.29 is 0 Å². The zero-order valence-corrected chi connectivity index (χ0v) is 22.7. The van der Waals surface area contributed by atoms with Crippen molar-refractivity contribution in [3.63, 3.8) is 0 Å². The van der Waals surface area contributed by atoms with Crippen LogP contribution in [0.3, 0.4) is 0 Å². The van der Waals surface area contributed by atoms with Crippen molar-refractivity contribution in [2.75, 3.05) is 0 Å². The van der Waals surface area contributed by atoms with Crippen LogP contribution in [0.25, 0.3) is 44.2 Å². The highest BCUT2D eigenvalue weighted by molar-refractivity contribution is 5.98. The molecule has 0 aromatic heterocycles. The van der Waals surface area contributed by atoms with Gasteiger partial charge in [-0.2, -0.15) is 0 Å². The second-order valence-electron chi connectivity index (χ2n) is 13.2. The van der Waals surface area contributed by atoms with Gasteiger partial charge in [-0.15, -0.1) is 0 Å². The standard InChI is InChI=1S/C39H34/c1-25-9-10-30(19-37(25)36-8-4-6-29-5-2-3-7-35(29)36)28-13-11-26(12-14-28)27-15-17-31(18-16-27)38-22-34-21-32-20-33(38)23-39(32,34)24-38/h2-19,32-34H,20-24H2,1H3. The highest BCUT2D eigenvalue weighted by Gasteiger charge is 2.76. The van der Waals surface area contributed by atoms with Crippen molar-refractivity contribution in [2.24, 2.45) is 23.2 Å². The molecule has 0 radical (unpaired) electrons. The van der Waals surface area contributed by atoms with Crippen molar-refractivity contribution >= 4 is 10.8 Å². The lowest BCUT2D eigenvalue weighted by Crippen LogP contribution is -2.41. The van der Waals surface area contributed by atoms with Gasteiger partial charge in [0.1, 0.15) is 0 Å². The van der Waals surface area contributed by atoms with Crippen LogP contribution in [0.1, 0.15) is 43.2 Å². The molecule has 0 heteroatoms. The van der Waals surface area contributed by atoms with Crippen LogP contribution in [0.2, 0.25) is 0 Å². The van der Waals surface area contributed by atoms with Gasteiger partial charge in [-0.3, -0.25) is 0 Å². The largest absolute Gasteiger partial charge is 0.0616 e. The van der Waals surface area contributed by atoms with Gasteiger partial charge in [0, 0.05) is 0 Å². The SMILES string of the molecule is Cc1ccc(-c2ccc(-c3ccc(C45CC6CC7CC4CC76C5)cc3)cc2)cc1-c1cccc2ccccc12. The van der Waals surface area contributed by atoms with Gasteiger partial charge in [0.25, 0.3) is 0 Å². The van der Waals surface area contributed by atoms with Crippen molar-refractivity contribution in [2.45, 2.75) is 44.4 Å². The molecule has 0 heterocycles. The first-order valence-corrected chi connectivity index (χ1v) is 14.9.